The summed E-state index contributed by atoms with van der Waals surface area (Å²) in [4.78, 5) is 10.6. The number of hydrogen-bond acceptors (Lipinski definition) is 2. The van der Waals surface area contributed by atoms with Crippen LogP contribution in [-0.4, -0.2) is 17.1 Å². The number of rotatable bonds is 4. The third-order valence-electron chi connectivity index (χ3n) is 2.26. The van der Waals surface area contributed by atoms with Crippen LogP contribution in [0.4, 0.5) is 0 Å². The van der Waals surface area contributed by atoms with Crippen molar-refractivity contribution in [1.29, 1.82) is 0 Å². The van der Waals surface area contributed by atoms with E-state index in [2.05, 4.69) is 0 Å². The molecule has 14 heavy (non-hydrogen) atoms. The topological polar surface area (TPSA) is 63.3 Å². The Morgan fingerprint density at radius 2 is 2.00 bits per heavy atom. The number of hydrogen-bond donors (Lipinski definition) is 2. The predicted molar refractivity (Wildman–Crippen MR) is 55.1 cm³/mol. The van der Waals surface area contributed by atoms with E-state index >= 15 is 0 Å². The van der Waals surface area contributed by atoms with Crippen LogP contribution < -0.4 is 5.73 Å². The molecule has 0 saturated heterocycles. The zero-order valence-electron chi connectivity index (χ0n) is 8.18. The molecule has 0 fully saturated rings. The molecule has 3 nitrogen and oxygen atoms in total. The molecule has 0 radical (unpaired) electrons. The largest absolute Gasteiger partial charge is 0.481 e. The average Bonchev–Trinajstić information content (AvgIpc) is 2.15. The number of carboxylic acids is 1. The van der Waals surface area contributed by atoms with Crippen LogP contribution in [0.1, 0.15) is 24.8 Å². The molecule has 3 N–H and O–H groups in total. The number of nitrogens with two attached hydrogens (primary N) is 1. The average molecular weight is 193 g/mol. The molecule has 0 aliphatic rings. The summed E-state index contributed by atoms with van der Waals surface area (Å²) in [5.74, 6) is -0.912. The van der Waals surface area contributed by atoms with E-state index in [1.807, 2.05) is 37.3 Å². The molecule has 0 bridgehead atoms. The molecule has 0 aliphatic heterocycles. The number of benzene rings is 1. The predicted octanol–water partition coefficient (Wildman–Crippen LogP) is 1.59. The SMILES string of the molecule is CC(N)C(CC(=O)O)c1ccccc1. The first-order valence-corrected chi connectivity index (χ1v) is 4.63. The molecule has 0 spiro atoms. The number of carboxylic acid groups (broad SMARTS) is 1. The fourth-order valence-electron chi connectivity index (χ4n) is 1.50. The Balaban J connectivity index is 2.83. The highest BCUT2D eigenvalue weighted by atomic mass is 16.4. The van der Waals surface area contributed by atoms with Gasteiger partial charge in [-0.15, -0.1) is 0 Å². The fourth-order valence-corrected chi connectivity index (χ4v) is 1.50. The van der Waals surface area contributed by atoms with Crippen molar-refractivity contribution in [3.05, 3.63) is 35.9 Å². The molecular formula is C11H15NO2. The smallest absolute Gasteiger partial charge is 0.304 e. The summed E-state index contributed by atoms with van der Waals surface area (Å²) >= 11 is 0. The Morgan fingerprint density at radius 3 is 2.43 bits per heavy atom. The number of aliphatic carboxylic acids is 1. The van der Waals surface area contributed by atoms with E-state index in [9.17, 15) is 4.79 Å². The van der Waals surface area contributed by atoms with Gasteiger partial charge in [-0.1, -0.05) is 30.3 Å². The molecule has 1 aromatic rings. The summed E-state index contributed by atoms with van der Waals surface area (Å²) in [7, 11) is 0. The van der Waals surface area contributed by atoms with Gasteiger partial charge in [0.1, 0.15) is 0 Å². The van der Waals surface area contributed by atoms with Crippen LogP contribution in [-0.2, 0) is 4.79 Å². The van der Waals surface area contributed by atoms with Crippen LogP contribution in [0, 0.1) is 0 Å². The van der Waals surface area contributed by atoms with E-state index in [1.54, 1.807) is 0 Å². The van der Waals surface area contributed by atoms with Crippen molar-refractivity contribution in [3.63, 3.8) is 0 Å². The molecule has 1 aromatic carbocycles. The molecule has 2 atom stereocenters. The first kappa shape index (κ1) is 10.7. The van der Waals surface area contributed by atoms with Crippen LogP contribution >= 0.6 is 0 Å². The van der Waals surface area contributed by atoms with Gasteiger partial charge in [0.25, 0.3) is 0 Å². The van der Waals surface area contributed by atoms with Gasteiger partial charge in [-0.2, -0.15) is 0 Å². The molecule has 76 valence electrons. The van der Waals surface area contributed by atoms with Crippen LogP contribution in [0.25, 0.3) is 0 Å². The molecule has 0 aliphatic carbocycles. The molecule has 1 rings (SSSR count). The summed E-state index contributed by atoms with van der Waals surface area (Å²) in [6, 6.07) is 9.38. The summed E-state index contributed by atoms with van der Waals surface area (Å²) in [6.45, 7) is 1.83. The summed E-state index contributed by atoms with van der Waals surface area (Å²) in [6.07, 6.45) is 0.0850. The molecule has 0 amide bonds. The first-order chi connectivity index (χ1) is 6.61. The van der Waals surface area contributed by atoms with Crippen molar-refractivity contribution < 1.29 is 9.90 Å². The normalized spacial score (nSPS) is 14.7. The monoisotopic (exact) mass is 193 g/mol. The van der Waals surface area contributed by atoms with E-state index in [4.69, 9.17) is 10.8 Å². The van der Waals surface area contributed by atoms with Crippen LogP contribution in [0.2, 0.25) is 0 Å². The first-order valence-electron chi connectivity index (χ1n) is 4.63. The lowest BCUT2D eigenvalue weighted by molar-refractivity contribution is -0.137. The lowest BCUT2D eigenvalue weighted by atomic mass is 9.90. The molecule has 0 aromatic heterocycles. The van der Waals surface area contributed by atoms with Crippen molar-refractivity contribution >= 4 is 5.97 Å². The van der Waals surface area contributed by atoms with Gasteiger partial charge < -0.3 is 10.8 Å². The maximum Gasteiger partial charge on any atom is 0.304 e. The summed E-state index contributed by atoms with van der Waals surface area (Å²) in [5, 5.41) is 8.74. The van der Waals surface area contributed by atoms with E-state index in [0.29, 0.717) is 0 Å². The zero-order chi connectivity index (χ0) is 10.6. The third kappa shape index (κ3) is 2.85. The van der Waals surface area contributed by atoms with Gasteiger partial charge >= 0.3 is 5.97 Å². The van der Waals surface area contributed by atoms with E-state index in [1.165, 1.54) is 0 Å². The second kappa shape index (κ2) is 4.77. The standard InChI is InChI=1S/C11H15NO2/c1-8(12)10(7-11(13)14)9-5-3-2-4-6-9/h2-6,8,10H,7,12H2,1H3,(H,13,14). The van der Waals surface area contributed by atoms with Gasteiger partial charge in [0.05, 0.1) is 6.42 Å². The maximum atomic E-state index is 10.6. The molecule has 3 heteroatoms. The lowest BCUT2D eigenvalue weighted by Crippen LogP contribution is -2.26. The van der Waals surface area contributed by atoms with Crippen molar-refractivity contribution in [2.24, 2.45) is 5.73 Å². The van der Waals surface area contributed by atoms with Crippen LogP contribution in [0.15, 0.2) is 30.3 Å². The molecule has 2 unspecified atom stereocenters. The maximum absolute atomic E-state index is 10.6. The van der Waals surface area contributed by atoms with Gasteiger partial charge in [-0.05, 0) is 12.5 Å². The van der Waals surface area contributed by atoms with Gasteiger partial charge in [0.2, 0.25) is 0 Å². The van der Waals surface area contributed by atoms with Crippen molar-refractivity contribution in [3.8, 4) is 0 Å². The number of carbonyl (C=O) groups is 1. The highest BCUT2D eigenvalue weighted by molar-refractivity contribution is 5.68. The zero-order valence-corrected chi connectivity index (χ0v) is 8.18. The Hall–Kier alpha value is -1.35. The van der Waals surface area contributed by atoms with Crippen molar-refractivity contribution in [1.82, 2.24) is 0 Å². The van der Waals surface area contributed by atoms with Gasteiger partial charge in [0.15, 0.2) is 0 Å². The van der Waals surface area contributed by atoms with Gasteiger partial charge in [0, 0.05) is 12.0 Å². The van der Waals surface area contributed by atoms with Crippen LogP contribution in [0.3, 0.4) is 0 Å². The highest BCUT2D eigenvalue weighted by Gasteiger charge is 2.18. The molecule has 0 saturated carbocycles. The Kier molecular flexibility index (Phi) is 3.65. The minimum atomic E-state index is -0.809. The fraction of sp³-hybridized carbons (Fsp3) is 0.364. The molecular weight excluding hydrogens is 178 g/mol. The Bertz CT molecular complexity index is 295. The second-order valence-electron chi connectivity index (χ2n) is 3.47. The quantitative estimate of drug-likeness (QED) is 0.763. The summed E-state index contributed by atoms with van der Waals surface area (Å²) < 4.78 is 0. The van der Waals surface area contributed by atoms with Gasteiger partial charge in [-0.25, -0.2) is 0 Å². The second-order valence-corrected chi connectivity index (χ2v) is 3.47. The van der Waals surface area contributed by atoms with E-state index in [-0.39, 0.29) is 18.4 Å². The van der Waals surface area contributed by atoms with Crippen LogP contribution in [0.5, 0.6) is 0 Å². The summed E-state index contributed by atoms with van der Waals surface area (Å²) in [5.41, 5.74) is 6.74. The third-order valence-corrected chi connectivity index (χ3v) is 2.26. The molecule has 0 heterocycles. The highest BCUT2D eigenvalue weighted by Crippen LogP contribution is 2.21. The Labute approximate surface area is 83.6 Å². The minimum absolute atomic E-state index is 0.0850. The van der Waals surface area contributed by atoms with Gasteiger partial charge in [-0.3, -0.25) is 4.79 Å². The Morgan fingerprint density at radius 1 is 1.43 bits per heavy atom. The van der Waals surface area contributed by atoms with Crippen molar-refractivity contribution in [2.75, 3.05) is 0 Å². The lowest BCUT2D eigenvalue weighted by Gasteiger charge is -2.18. The van der Waals surface area contributed by atoms with E-state index in [0.717, 1.165) is 5.56 Å². The van der Waals surface area contributed by atoms with E-state index < -0.39 is 5.97 Å². The minimum Gasteiger partial charge on any atom is -0.481 e. The van der Waals surface area contributed by atoms with Crippen molar-refractivity contribution in [2.45, 2.75) is 25.3 Å².